The number of benzene rings is 3. The molecule has 1 atom stereocenters. The fourth-order valence-electron chi connectivity index (χ4n) is 3.44. The summed E-state index contributed by atoms with van der Waals surface area (Å²) in [6, 6.07) is 18.1. The first-order valence-electron chi connectivity index (χ1n) is 9.70. The predicted molar refractivity (Wildman–Crippen MR) is 119 cm³/mol. The van der Waals surface area contributed by atoms with E-state index in [4.69, 9.17) is 4.74 Å². The Bertz CT molecular complexity index is 1290. The molecule has 0 saturated heterocycles. The van der Waals surface area contributed by atoms with Crippen molar-refractivity contribution in [1.82, 2.24) is 0 Å². The SMILES string of the molecule is C[C@H]1CN(S(=O)(=O)c2ccc(NC(=O)c3ccccc3[N+](=O)[O-])cc2)c2ccccc2O1. The molecule has 0 saturated carbocycles. The highest BCUT2D eigenvalue weighted by molar-refractivity contribution is 7.92. The van der Waals surface area contributed by atoms with Gasteiger partial charge >= 0.3 is 0 Å². The molecular formula is C22H19N3O6S. The Morgan fingerprint density at radius 2 is 1.72 bits per heavy atom. The van der Waals surface area contributed by atoms with Crippen LogP contribution in [-0.2, 0) is 10.0 Å². The Balaban J connectivity index is 1.58. The highest BCUT2D eigenvalue weighted by atomic mass is 32.2. The van der Waals surface area contributed by atoms with E-state index < -0.39 is 20.9 Å². The Labute approximate surface area is 184 Å². The molecule has 1 heterocycles. The van der Waals surface area contributed by atoms with Gasteiger partial charge in [-0.05, 0) is 49.4 Å². The number of carbonyl (C=O) groups is 1. The van der Waals surface area contributed by atoms with Gasteiger partial charge < -0.3 is 10.1 Å². The zero-order chi connectivity index (χ0) is 22.9. The average Bonchev–Trinajstić information content (AvgIpc) is 2.78. The molecule has 9 nitrogen and oxygen atoms in total. The largest absolute Gasteiger partial charge is 0.487 e. The van der Waals surface area contributed by atoms with E-state index in [0.717, 1.165) is 0 Å². The quantitative estimate of drug-likeness (QED) is 0.463. The first-order chi connectivity index (χ1) is 15.3. The normalized spacial score (nSPS) is 15.4. The van der Waals surface area contributed by atoms with Gasteiger partial charge in [-0.25, -0.2) is 8.42 Å². The third-order valence-corrected chi connectivity index (χ3v) is 6.72. The zero-order valence-corrected chi connectivity index (χ0v) is 17.8. The Morgan fingerprint density at radius 1 is 1.06 bits per heavy atom. The molecule has 1 N–H and O–H groups in total. The lowest BCUT2D eigenvalue weighted by Crippen LogP contribution is -2.42. The molecule has 164 valence electrons. The van der Waals surface area contributed by atoms with Crippen molar-refractivity contribution in [3.8, 4) is 5.75 Å². The van der Waals surface area contributed by atoms with E-state index in [0.29, 0.717) is 17.1 Å². The van der Waals surface area contributed by atoms with Crippen molar-refractivity contribution in [3.05, 3.63) is 88.5 Å². The number of nitrogens with one attached hydrogen (secondary N) is 1. The van der Waals surface area contributed by atoms with Gasteiger partial charge in [0.2, 0.25) is 0 Å². The van der Waals surface area contributed by atoms with Gasteiger partial charge in [-0.1, -0.05) is 24.3 Å². The molecule has 3 aromatic carbocycles. The van der Waals surface area contributed by atoms with Crippen LogP contribution in [-0.4, -0.2) is 31.9 Å². The monoisotopic (exact) mass is 453 g/mol. The highest BCUT2D eigenvalue weighted by Crippen LogP contribution is 2.36. The molecule has 0 radical (unpaired) electrons. The first kappa shape index (κ1) is 21.3. The van der Waals surface area contributed by atoms with E-state index in [-0.39, 0.29) is 28.8 Å². The van der Waals surface area contributed by atoms with Crippen LogP contribution in [0, 0.1) is 10.1 Å². The number of nitro groups is 1. The molecule has 0 bridgehead atoms. The fraction of sp³-hybridized carbons (Fsp3) is 0.136. The molecule has 32 heavy (non-hydrogen) atoms. The molecule has 10 heteroatoms. The minimum absolute atomic E-state index is 0.0464. The van der Waals surface area contributed by atoms with Crippen molar-refractivity contribution >= 4 is 33.0 Å². The fourth-order valence-corrected chi connectivity index (χ4v) is 4.99. The maximum absolute atomic E-state index is 13.3. The summed E-state index contributed by atoms with van der Waals surface area (Å²) in [6.45, 7) is 1.95. The Hall–Kier alpha value is -3.92. The van der Waals surface area contributed by atoms with Crippen molar-refractivity contribution in [2.24, 2.45) is 0 Å². The maximum atomic E-state index is 13.3. The van der Waals surface area contributed by atoms with E-state index in [1.165, 1.54) is 52.8 Å². The summed E-state index contributed by atoms with van der Waals surface area (Å²) < 4.78 is 33.6. The third kappa shape index (κ3) is 4.00. The van der Waals surface area contributed by atoms with Crippen molar-refractivity contribution in [3.63, 3.8) is 0 Å². The van der Waals surface area contributed by atoms with Gasteiger partial charge in [0.15, 0.2) is 0 Å². The standard InChI is InChI=1S/C22H19N3O6S/c1-15-14-24(20-8-4-5-9-21(20)31-15)32(29,30)17-12-10-16(11-13-17)23-22(26)18-6-2-3-7-19(18)25(27)28/h2-13,15H,14H2,1H3,(H,23,26)/t15-/m0/s1. The number of ether oxygens (including phenoxy) is 1. The van der Waals surface area contributed by atoms with Gasteiger partial charge in [-0.15, -0.1) is 0 Å². The lowest BCUT2D eigenvalue weighted by molar-refractivity contribution is -0.385. The molecule has 1 amide bonds. The van der Waals surface area contributed by atoms with E-state index in [1.54, 1.807) is 31.2 Å². The number of nitrogens with zero attached hydrogens (tertiary/aromatic N) is 2. The minimum atomic E-state index is -3.87. The number of rotatable bonds is 5. The van der Waals surface area contributed by atoms with E-state index in [9.17, 15) is 23.3 Å². The van der Waals surface area contributed by atoms with Crippen LogP contribution in [0.2, 0.25) is 0 Å². The molecule has 0 aliphatic carbocycles. The van der Waals surface area contributed by atoms with Crippen molar-refractivity contribution in [2.75, 3.05) is 16.2 Å². The summed E-state index contributed by atoms with van der Waals surface area (Å²) >= 11 is 0. The molecule has 1 aliphatic rings. The second-order valence-corrected chi connectivity index (χ2v) is 9.05. The minimum Gasteiger partial charge on any atom is -0.487 e. The van der Waals surface area contributed by atoms with Crippen LogP contribution in [0.3, 0.4) is 0 Å². The van der Waals surface area contributed by atoms with Crippen LogP contribution in [0.25, 0.3) is 0 Å². The van der Waals surface area contributed by atoms with Crippen LogP contribution in [0.1, 0.15) is 17.3 Å². The highest BCUT2D eigenvalue weighted by Gasteiger charge is 2.32. The van der Waals surface area contributed by atoms with Gasteiger partial charge in [0.05, 0.1) is 22.1 Å². The van der Waals surface area contributed by atoms with Gasteiger partial charge in [-0.3, -0.25) is 19.2 Å². The lowest BCUT2D eigenvalue weighted by Gasteiger charge is -2.34. The number of sulfonamides is 1. The number of amides is 1. The van der Waals surface area contributed by atoms with Crippen molar-refractivity contribution in [1.29, 1.82) is 0 Å². The third-order valence-electron chi connectivity index (χ3n) is 4.93. The summed E-state index contributed by atoms with van der Waals surface area (Å²) in [5, 5.41) is 13.7. The molecule has 0 aromatic heterocycles. The van der Waals surface area contributed by atoms with Gasteiger partial charge in [0, 0.05) is 11.8 Å². The predicted octanol–water partition coefficient (Wildman–Crippen LogP) is 3.82. The van der Waals surface area contributed by atoms with E-state index >= 15 is 0 Å². The summed E-state index contributed by atoms with van der Waals surface area (Å²) in [5.74, 6) is -0.174. The maximum Gasteiger partial charge on any atom is 0.282 e. The van der Waals surface area contributed by atoms with Crippen LogP contribution in [0.4, 0.5) is 17.1 Å². The van der Waals surface area contributed by atoms with Crippen LogP contribution >= 0.6 is 0 Å². The summed E-state index contributed by atoms with van der Waals surface area (Å²) in [7, 11) is -3.87. The topological polar surface area (TPSA) is 119 Å². The van der Waals surface area contributed by atoms with Crippen molar-refractivity contribution in [2.45, 2.75) is 17.9 Å². The van der Waals surface area contributed by atoms with Gasteiger partial charge in [0.25, 0.3) is 21.6 Å². The lowest BCUT2D eigenvalue weighted by atomic mass is 10.1. The van der Waals surface area contributed by atoms with E-state index in [2.05, 4.69) is 5.32 Å². The average molecular weight is 453 g/mol. The second kappa shape index (κ2) is 8.31. The van der Waals surface area contributed by atoms with Crippen LogP contribution in [0.15, 0.2) is 77.7 Å². The number of hydrogen-bond donors (Lipinski definition) is 1. The van der Waals surface area contributed by atoms with E-state index in [1.807, 2.05) is 0 Å². The number of carbonyl (C=O) groups excluding carboxylic acids is 1. The smallest absolute Gasteiger partial charge is 0.282 e. The number of para-hydroxylation sites is 3. The molecule has 0 spiro atoms. The summed E-state index contributed by atoms with van der Waals surface area (Å²) in [4.78, 5) is 23.0. The zero-order valence-electron chi connectivity index (χ0n) is 17.0. The molecular weight excluding hydrogens is 434 g/mol. The Morgan fingerprint density at radius 3 is 2.44 bits per heavy atom. The number of hydrogen-bond acceptors (Lipinski definition) is 6. The molecule has 0 unspecified atom stereocenters. The molecule has 1 aliphatic heterocycles. The number of nitro benzene ring substituents is 1. The molecule has 3 aromatic rings. The summed E-state index contributed by atoms with van der Waals surface area (Å²) in [6.07, 6.45) is -0.320. The molecule has 4 rings (SSSR count). The van der Waals surface area contributed by atoms with Gasteiger partial charge in [0.1, 0.15) is 17.4 Å². The van der Waals surface area contributed by atoms with Crippen LogP contribution in [0.5, 0.6) is 5.75 Å². The summed E-state index contributed by atoms with van der Waals surface area (Å²) in [5.41, 5.74) is 0.361. The number of anilines is 2. The Kier molecular flexibility index (Phi) is 5.54. The second-order valence-electron chi connectivity index (χ2n) is 7.19. The van der Waals surface area contributed by atoms with Crippen molar-refractivity contribution < 1.29 is 22.9 Å². The van der Waals surface area contributed by atoms with Gasteiger partial charge in [-0.2, -0.15) is 0 Å². The first-order valence-corrected chi connectivity index (χ1v) is 11.1. The van der Waals surface area contributed by atoms with Crippen LogP contribution < -0.4 is 14.4 Å². The molecule has 0 fully saturated rings. The number of fused-ring (bicyclic) bond motifs is 1.